The topological polar surface area (TPSA) is 29.1 Å². The maximum absolute atomic E-state index is 12.8. The lowest BCUT2D eigenvalue weighted by atomic mass is 9.97. The summed E-state index contributed by atoms with van der Waals surface area (Å²) in [7, 11) is 1.95. The Labute approximate surface area is 206 Å². The molecule has 1 N–H and O–H groups in total. The molecule has 0 bridgehead atoms. The molecule has 1 heterocycles. The lowest BCUT2D eigenvalue weighted by Crippen LogP contribution is -2.07. The van der Waals surface area contributed by atoms with Crippen LogP contribution >= 0.6 is 11.3 Å². The maximum Gasteiger partial charge on any atom is 0.169 e. The highest BCUT2D eigenvalue weighted by molar-refractivity contribution is 7.08. The molecule has 2 nitrogen and oxygen atoms in total. The van der Waals surface area contributed by atoms with Crippen LogP contribution in [0.25, 0.3) is 16.7 Å². The Hall–Kier alpha value is -3.43. The summed E-state index contributed by atoms with van der Waals surface area (Å²) in [6.07, 6.45) is 6.73. The summed E-state index contributed by atoms with van der Waals surface area (Å²) >= 11 is 1.69. The van der Waals surface area contributed by atoms with Crippen molar-refractivity contribution in [3.63, 3.8) is 0 Å². The van der Waals surface area contributed by atoms with Gasteiger partial charge in [-0.15, -0.1) is 11.3 Å². The molecular formula is C31H31NOS. The van der Waals surface area contributed by atoms with Crippen molar-refractivity contribution < 1.29 is 4.79 Å². The number of nitrogens with one attached hydrogen (secondary N) is 1. The first-order valence-corrected chi connectivity index (χ1v) is 12.4. The number of ketones is 1. The fourth-order valence-electron chi connectivity index (χ4n) is 4.48. The molecule has 172 valence electrons. The van der Waals surface area contributed by atoms with Crippen LogP contribution in [0.1, 0.15) is 41.7 Å². The van der Waals surface area contributed by atoms with Crippen molar-refractivity contribution >= 4 is 39.5 Å². The van der Waals surface area contributed by atoms with Gasteiger partial charge in [-0.1, -0.05) is 60.7 Å². The number of thiophene rings is 1. The second-order valence-electron chi connectivity index (χ2n) is 8.92. The Bertz CT molecular complexity index is 1480. The molecule has 1 aliphatic rings. The number of carbonyl (C=O) groups is 1. The summed E-state index contributed by atoms with van der Waals surface area (Å²) in [6, 6.07) is 17.0. The van der Waals surface area contributed by atoms with Gasteiger partial charge in [-0.05, 0) is 79.3 Å². The van der Waals surface area contributed by atoms with Gasteiger partial charge in [0.1, 0.15) is 0 Å². The van der Waals surface area contributed by atoms with Crippen LogP contribution in [0.4, 0.5) is 5.69 Å². The van der Waals surface area contributed by atoms with Crippen molar-refractivity contribution in [1.29, 1.82) is 0 Å². The number of aryl methyl sites for hydroxylation is 2. The SMILES string of the molecule is C=C\C(=C(C)/C=C\C(C)=c1\cc/c(=C2\C(=O)Cc3cc(C)ccc32)s1)c1ccc(C)cc1NC. The van der Waals surface area contributed by atoms with Crippen LogP contribution in [-0.2, 0) is 11.2 Å². The lowest BCUT2D eigenvalue weighted by Gasteiger charge is -2.13. The third-order valence-corrected chi connectivity index (χ3v) is 7.59. The molecule has 1 aromatic heterocycles. The van der Waals surface area contributed by atoms with Gasteiger partial charge in [0.05, 0.1) is 0 Å². The zero-order chi connectivity index (χ0) is 24.4. The zero-order valence-corrected chi connectivity index (χ0v) is 21.4. The first-order chi connectivity index (χ1) is 16.3. The van der Waals surface area contributed by atoms with E-state index in [9.17, 15) is 4.79 Å². The quantitative estimate of drug-likeness (QED) is 0.460. The minimum absolute atomic E-state index is 0.218. The van der Waals surface area contributed by atoms with Crippen molar-refractivity contribution in [2.24, 2.45) is 0 Å². The Morgan fingerprint density at radius 1 is 1.00 bits per heavy atom. The highest BCUT2D eigenvalue weighted by atomic mass is 32.1. The van der Waals surface area contributed by atoms with E-state index in [-0.39, 0.29) is 5.78 Å². The van der Waals surface area contributed by atoms with E-state index in [1.807, 2.05) is 13.1 Å². The minimum atomic E-state index is 0.218. The molecule has 2 aromatic carbocycles. The van der Waals surface area contributed by atoms with Gasteiger partial charge in [-0.25, -0.2) is 0 Å². The third-order valence-electron chi connectivity index (χ3n) is 6.35. The highest BCUT2D eigenvalue weighted by Gasteiger charge is 2.25. The van der Waals surface area contributed by atoms with E-state index in [4.69, 9.17) is 0 Å². The van der Waals surface area contributed by atoms with Crippen LogP contribution in [0.5, 0.6) is 0 Å². The average Bonchev–Trinajstić information content (AvgIpc) is 3.42. The van der Waals surface area contributed by atoms with E-state index in [2.05, 4.69) is 100 Å². The number of hydrogen-bond donors (Lipinski definition) is 1. The van der Waals surface area contributed by atoms with E-state index >= 15 is 0 Å². The van der Waals surface area contributed by atoms with Crippen LogP contribution in [0.15, 0.2) is 78.9 Å². The molecule has 3 aromatic rings. The maximum atomic E-state index is 12.8. The number of fused-ring (bicyclic) bond motifs is 1. The number of benzene rings is 2. The molecule has 0 saturated heterocycles. The number of hydrogen-bond acceptors (Lipinski definition) is 3. The fourth-order valence-corrected chi connectivity index (χ4v) is 5.55. The summed E-state index contributed by atoms with van der Waals surface area (Å²) in [5.41, 5.74) is 11.2. The van der Waals surface area contributed by atoms with Crippen LogP contribution in [-0.4, -0.2) is 12.8 Å². The molecule has 1 aliphatic carbocycles. The van der Waals surface area contributed by atoms with Gasteiger partial charge in [0.15, 0.2) is 5.78 Å². The van der Waals surface area contributed by atoms with Crippen LogP contribution in [0, 0.1) is 13.8 Å². The van der Waals surface area contributed by atoms with Crippen LogP contribution in [0.3, 0.4) is 0 Å². The van der Waals surface area contributed by atoms with Crippen LogP contribution in [0.2, 0.25) is 0 Å². The smallest absolute Gasteiger partial charge is 0.169 e. The molecule has 0 unspecified atom stereocenters. The largest absolute Gasteiger partial charge is 0.388 e. The number of rotatable bonds is 5. The van der Waals surface area contributed by atoms with Crippen molar-refractivity contribution in [1.82, 2.24) is 0 Å². The van der Waals surface area contributed by atoms with E-state index in [0.717, 1.165) is 43.6 Å². The lowest BCUT2D eigenvalue weighted by molar-refractivity contribution is -0.112. The van der Waals surface area contributed by atoms with Gasteiger partial charge < -0.3 is 5.32 Å². The summed E-state index contributed by atoms with van der Waals surface area (Å²) in [5.74, 6) is 0.218. The number of allylic oxidation sites excluding steroid dienone is 5. The molecule has 34 heavy (non-hydrogen) atoms. The Morgan fingerprint density at radius 2 is 1.74 bits per heavy atom. The van der Waals surface area contributed by atoms with E-state index in [1.54, 1.807) is 11.3 Å². The number of anilines is 1. The van der Waals surface area contributed by atoms with Gasteiger partial charge >= 0.3 is 0 Å². The molecule has 3 heteroatoms. The van der Waals surface area contributed by atoms with E-state index in [1.165, 1.54) is 21.2 Å². The van der Waals surface area contributed by atoms with Gasteiger partial charge in [-0.2, -0.15) is 0 Å². The average molecular weight is 466 g/mol. The zero-order valence-electron chi connectivity index (χ0n) is 20.6. The van der Waals surface area contributed by atoms with Gasteiger partial charge in [0.2, 0.25) is 0 Å². The monoisotopic (exact) mass is 465 g/mol. The molecule has 0 atom stereocenters. The standard InChI is InChI=1S/C31H31NOS/c1-7-24(26-13-9-20(3)17-27(26)32-6)21(4)10-11-22(5)29-14-15-30(34-29)31-25-12-8-19(2)16-23(25)18-28(31)33/h7-17,32H,1,18H2,2-6H3/b11-10-,24-21+,29-22-,31-30+. The predicted molar refractivity (Wildman–Crippen MR) is 148 cm³/mol. The number of carbonyl (C=O) groups excluding carboxylic acids is 1. The molecule has 4 rings (SSSR count). The predicted octanol–water partition coefficient (Wildman–Crippen LogP) is 6.12. The van der Waals surface area contributed by atoms with Crippen molar-refractivity contribution in [3.8, 4) is 0 Å². The Balaban J connectivity index is 1.73. The summed E-state index contributed by atoms with van der Waals surface area (Å²) in [6.45, 7) is 12.5. The molecular weight excluding hydrogens is 434 g/mol. The van der Waals surface area contributed by atoms with Gasteiger partial charge in [0, 0.05) is 39.4 Å². The summed E-state index contributed by atoms with van der Waals surface area (Å²) in [4.78, 5) is 12.8. The molecule has 0 saturated carbocycles. The summed E-state index contributed by atoms with van der Waals surface area (Å²) in [5, 5.41) is 3.30. The van der Waals surface area contributed by atoms with Crippen molar-refractivity contribution in [2.45, 2.75) is 34.1 Å². The molecule has 0 radical (unpaired) electrons. The van der Waals surface area contributed by atoms with E-state index in [0.29, 0.717) is 6.42 Å². The fraction of sp³-hybridized carbons (Fsp3) is 0.194. The van der Waals surface area contributed by atoms with E-state index < -0.39 is 0 Å². The second kappa shape index (κ2) is 9.82. The molecule has 0 spiro atoms. The highest BCUT2D eigenvalue weighted by Crippen LogP contribution is 2.30. The number of Topliss-reactive ketones (excluding diaryl/α,β-unsaturated/α-hetero) is 1. The minimum Gasteiger partial charge on any atom is -0.388 e. The first-order valence-electron chi connectivity index (χ1n) is 11.6. The molecule has 0 amide bonds. The van der Waals surface area contributed by atoms with Crippen LogP contribution < -0.4 is 14.4 Å². The molecule has 0 aliphatic heterocycles. The normalized spacial score (nSPS) is 16.4. The van der Waals surface area contributed by atoms with Gasteiger partial charge in [0.25, 0.3) is 0 Å². The molecule has 0 fully saturated rings. The first kappa shape index (κ1) is 23.7. The van der Waals surface area contributed by atoms with Crippen molar-refractivity contribution in [2.75, 3.05) is 12.4 Å². The third kappa shape index (κ3) is 4.62. The Morgan fingerprint density at radius 3 is 2.47 bits per heavy atom. The van der Waals surface area contributed by atoms with Gasteiger partial charge in [-0.3, -0.25) is 4.79 Å². The van der Waals surface area contributed by atoms with Crippen molar-refractivity contribution in [3.05, 3.63) is 116 Å². The summed E-state index contributed by atoms with van der Waals surface area (Å²) < 4.78 is 2.22. The Kier molecular flexibility index (Phi) is 6.85. The second-order valence-corrected chi connectivity index (χ2v) is 10.00.